The van der Waals surface area contributed by atoms with Crippen molar-refractivity contribution in [2.75, 3.05) is 6.67 Å². The quantitative estimate of drug-likeness (QED) is 0.708. The summed E-state index contributed by atoms with van der Waals surface area (Å²) in [6.45, 7) is 4.19. The van der Waals surface area contributed by atoms with Gasteiger partial charge in [-0.1, -0.05) is 42.5 Å². The molecule has 1 unspecified atom stereocenters. The van der Waals surface area contributed by atoms with Crippen LogP contribution in [0.1, 0.15) is 48.2 Å². The van der Waals surface area contributed by atoms with Crippen LogP contribution in [-0.2, 0) is 16.0 Å². The van der Waals surface area contributed by atoms with Crippen molar-refractivity contribution in [2.45, 2.75) is 39.2 Å². The molecular formula is C26H23FN2O3. The number of nitrogens with one attached hydrogen (secondary N) is 1. The van der Waals surface area contributed by atoms with Crippen LogP contribution in [0.2, 0.25) is 0 Å². The largest absolute Gasteiger partial charge is 0.460 e. The van der Waals surface area contributed by atoms with Crippen LogP contribution in [0.5, 0.6) is 0 Å². The first-order chi connectivity index (χ1) is 15.4. The normalized spacial score (nSPS) is 17.5. The molecule has 5 nitrogen and oxygen atoms in total. The number of fused-ring (bicyclic) bond motifs is 3. The van der Waals surface area contributed by atoms with Gasteiger partial charge in [0, 0.05) is 17.7 Å². The Morgan fingerprint density at radius 3 is 2.62 bits per heavy atom. The van der Waals surface area contributed by atoms with Gasteiger partial charge >= 0.3 is 5.97 Å². The SMILES string of the molecule is CC1=C(C#N)C(c2cccc3c2-c2ccccc2CC3=O)C(C(=O)OC(C)C)=C(CF)N1. The van der Waals surface area contributed by atoms with E-state index in [1.165, 1.54) is 0 Å². The number of Topliss-reactive ketones (excluding diaryl/α,β-unsaturated/α-hetero) is 1. The minimum Gasteiger partial charge on any atom is -0.460 e. The third-order valence-electron chi connectivity index (χ3n) is 5.81. The van der Waals surface area contributed by atoms with Gasteiger partial charge in [-0.15, -0.1) is 0 Å². The monoisotopic (exact) mass is 430 g/mol. The Bertz CT molecular complexity index is 1230. The standard InChI is InChI=1S/C26H23FN2O3/c1-14(2)32-26(31)25-21(12-27)29-15(3)20(13-28)24(25)19-10-6-9-18-22(30)11-16-7-4-5-8-17(16)23(18)19/h4-10,14,24,29H,11-12H2,1-3H3. The van der Waals surface area contributed by atoms with Crippen molar-refractivity contribution in [3.05, 3.63) is 81.7 Å². The molecule has 1 aliphatic carbocycles. The summed E-state index contributed by atoms with van der Waals surface area (Å²) in [4.78, 5) is 26.0. The zero-order chi connectivity index (χ0) is 23.0. The second kappa shape index (κ2) is 8.43. The third-order valence-corrected chi connectivity index (χ3v) is 5.81. The van der Waals surface area contributed by atoms with Gasteiger partial charge in [0.15, 0.2) is 5.78 Å². The molecule has 0 aromatic heterocycles. The molecule has 0 amide bonds. The molecular weight excluding hydrogens is 407 g/mol. The number of allylic oxidation sites excluding steroid dienone is 3. The van der Waals surface area contributed by atoms with Gasteiger partial charge in [0.05, 0.1) is 34.9 Å². The van der Waals surface area contributed by atoms with Crippen LogP contribution in [-0.4, -0.2) is 24.5 Å². The zero-order valence-electron chi connectivity index (χ0n) is 18.2. The van der Waals surface area contributed by atoms with Gasteiger partial charge in [-0.05, 0) is 43.0 Å². The Kier molecular flexibility index (Phi) is 5.67. The molecule has 0 fully saturated rings. The summed E-state index contributed by atoms with van der Waals surface area (Å²) in [5.74, 6) is -1.57. The van der Waals surface area contributed by atoms with E-state index in [0.717, 1.165) is 11.1 Å². The Morgan fingerprint density at radius 2 is 1.94 bits per heavy atom. The summed E-state index contributed by atoms with van der Waals surface area (Å²) in [6.07, 6.45) is -0.131. The second-order valence-electron chi connectivity index (χ2n) is 8.22. The smallest absolute Gasteiger partial charge is 0.337 e. The molecule has 2 aromatic rings. The van der Waals surface area contributed by atoms with Crippen LogP contribution >= 0.6 is 0 Å². The molecule has 1 atom stereocenters. The third kappa shape index (κ3) is 3.50. The van der Waals surface area contributed by atoms with Gasteiger partial charge in [-0.25, -0.2) is 9.18 Å². The van der Waals surface area contributed by atoms with E-state index in [4.69, 9.17) is 4.74 Å². The molecule has 4 rings (SSSR count). The molecule has 2 aliphatic rings. The zero-order valence-corrected chi connectivity index (χ0v) is 18.2. The fraction of sp³-hybridized carbons (Fsp3) is 0.269. The topological polar surface area (TPSA) is 79.2 Å². The highest BCUT2D eigenvalue weighted by Crippen LogP contribution is 2.45. The van der Waals surface area contributed by atoms with Gasteiger partial charge in [-0.2, -0.15) is 5.26 Å². The lowest BCUT2D eigenvalue weighted by Crippen LogP contribution is -2.32. The number of carbonyl (C=O) groups excluding carboxylic acids is 2. The number of ether oxygens (including phenoxy) is 1. The van der Waals surface area contributed by atoms with Crippen molar-refractivity contribution in [1.82, 2.24) is 5.32 Å². The van der Waals surface area contributed by atoms with E-state index in [1.807, 2.05) is 24.3 Å². The maximum absolute atomic E-state index is 14.1. The van der Waals surface area contributed by atoms with Crippen LogP contribution in [0.25, 0.3) is 11.1 Å². The van der Waals surface area contributed by atoms with Crippen molar-refractivity contribution in [1.29, 1.82) is 5.26 Å². The Balaban J connectivity index is 2.03. The van der Waals surface area contributed by atoms with Crippen molar-refractivity contribution < 1.29 is 18.7 Å². The fourth-order valence-corrected chi connectivity index (χ4v) is 4.51. The van der Waals surface area contributed by atoms with Gasteiger partial charge in [-0.3, -0.25) is 4.79 Å². The van der Waals surface area contributed by atoms with Crippen LogP contribution < -0.4 is 5.32 Å². The summed E-state index contributed by atoms with van der Waals surface area (Å²) in [6, 6.07) is 15.1. The fourth-order valence-electron chi connectivity index (χ4n) is 4.51. The molecule has 0 spiro atoms. The molecule has 0 radical (unpaired) electrons. The second-order valence-corrected chi connectivity index (χ2v) is 8.22. The molecule has 6 heteroatoms. The average molecular weight is 430 g/mol. The van der Waals surface area contributed by atoms with E-state index >= 15 is 0 Å². The number of rotatable bonds is 4. The number of benzene rings is 2. The van der Waals surface area contributed by atoms with Crippen LogP contribution in [0.3, 0.4) is 0 Å². The minimum atomic E-state index is -0.917. The molecule has 0 saturated heterocycles. The first kappa shape index (κ1) is 21.5. The number of ketones is 1. The summed E-state index contributed by atoms with van der Waals surface area (Å²) in [5.41, 5.74) is 4.49. The van der Waals surface area contributed by atoms with E-state index in [0.29, 0.717) is 28.0 Å². The predicted molar refractivity (Wildman–Crippen MR) is 118 cm³/mol. The van der Waals surface area contributed by atoms with Gasteiger partial charge in [0.1, 0.15) is 6.67 Å². The van der Waals surface area contributed by atoms with E-state index in [2.05, 4.69) is 11.4 Å². The highest BCUT2D eigenvalue weighted by Gasteiger charge is 2.38. The summed E-state index contributed by atoms with van der Waals surface area (Å²) >= 11 is 0. The number of esters is 1. The minimum absolute atomic E-state index is 0.0327. The molecule has 1 aliphatic heterocycles. The number of hydrogen-bond acceptors (Lipinski definition) is 5. The van der Waals surface area contributed by atoms with Crippen molar-refractivity contribution in [3.8, 4) is 17.2 Å². The lowest BCUT2D eigenvalue weighted by molar-refractivity contribution is -0.143. The Morgan fingerprint density at radius 1 is 1.22 bits per heavy atom. The highest BCUT2D eigenvalue weighted by molar-refractivity contribution is 6.08. The molecule has 0 bridgehead atoms. The Labute approximate surface area is 186 Å². The molecule has 1 N–H and O–H groups in total. The maximum atomic E-state index is 14.1. The predicted octanol–water partition coefficient (Wildman–Crippen LogP) is 4.75. The first-order valence-corrected chi connectivity index (χ1v) is 10.5. The average Bonchev–Trinajstić information content (AvgIpc) is 2.77. The molecule has 1 heterocycles. The molecule has 0 saturated carbocycles. The number of alkyl halides is 1. The number of carbonyl (C=O) groups is 2. The van der Waals surface area contributed by atoms with E-state index in [1.54, 1.807) is 39.0 Å². The van der Waals surface area contributed by atoms with E-state index < -0.39 is 24.7 Å². The molecule has 162 valence electrons. The first-order valence-electron chi connectivity index (χ1n) is 10.5. The highest BCUT2D eigenvalue weighted by atomic mass is 19.1. The molecule has 32 heavy (non-hydrogen) atoms. The number of nitriles is 1. The number of nitrogens with zero attached hydrogens (tertiary/aromatic N) is 1. The summed E-state index contributed by atoms with van der Waals surface area (Å²) in [5, 5.41) is 12.9. The Hall–Kier alpha value is -3.72. The number of halogens is 1. The number of dihydropyridines is 1. The van der Waals surface area contributed by atoms with Crippen LogP contribution in [0.4, 0.5) is 4.39 Å². The van der Waals surface area contributed by atoms with Crippen molar-refractivity contribution in [3.63, 3.8) is 0 Å². The van der Waals surface area contributed by atoms with Gasteiger partial charge in [0.25, 0.3) is 0 Å². The number of hydrogen-bond donors (Lipinski definition) is 1. The van der Waals surface area contributed by atoms with Crippen LogP contribution in [0, 0.1) is 11.3 Å². The summed E-state index contributed by atoms with van der Waals surface area (Å²) in [7, 11) is 0. The summed E-state index contributed by atoms with van der Waals surface area (Å²) < 4.78 is 19.5. The lowest BCUT2D eigenvalue weighted by atomic mass is 9.74. The maximum Gasteiger partial charge on any atom is 0.337 e. The van der Waals surface area contributed by atoms with E-state index in [9.17, 15) is 19.2 Å². The molecule has 2 aromatic carbocycles. The van der Waals surface area contributed by atoms with Crippen molar-refractivity contribution >= 4 is 11.8 Å². The van der Waals surface area contributed by atoms with Crippen LogP contribution in [0.15, 0.2) is 65.0 Å². The van der Waals surface area contributed by atoms with Crippen molar-refractivity contribution in [2.24, 2.45) is 0 Å². The lowest BCUT2D eigenvalue weighted by Gasteiger charge is -2.32. The van der Waals surface area contributed by atoms with Gasteiger partial charge < -0.3 is 10.1 Å². The van der Waals surface area contributed by atoms with Gasteiger partial charge in [0.2, 0.25) is 0 Å². The van der Waals surface area contributed by atoms with E-state index in [-0.39, 0.29) is 23.5 Å².